The van der Waals surface area contributed by atoms with E-state index in [9.17, 15) is 0 Å². The molecular formula is C14H22N4O. The molecule has 2 rings (SSSR count). The Hall–Kier alpha value is -1.59. The van der Waals surface area contributed by atoms with Crippen molar-refractivity contribution in [1.82, 2.24) is 9.80 Å². The minimum absolute atomic E-state index is 0.160. The van der Waals surface area contributed by atoms with E-state index in [0.717, 1.165) is 31.7 Å². The van der Waals surface area contributed by atoms with E-state index >= 15 is 0 Å². The van der Waals surface area contributed by atoms with Crippen LogP contribution in [0.2, 0.25) is 0 Å². The van der Waals surface area contributed by atoms with Gasteiger partial charge >= 0.3 is 0 Å². The Kier molecular flexibility index (Phi) is 4.39. The largest absolute Gasteiger partial charge is 0.409 e. The molecule has 0 aromatic heterocycles. The number of hydrogen-bond donors (Lipinski definition) is 2. The molecule has 1 unspecified atom stereocenters. The van der Waals surface area contributed by atoms with Crippen LogP contribution >= 0.6 is 0 Å². The van der Waals surface area contributed by atoms with Crippen LogP contribution in [0.4, 0.5) is 0 Å². The fraction of sp³-hybridized carbons (Fsp3) is 0.500. The number of nitrogens with two attached hydrogens (primary N) is 1. The zero-order chi connectivity index (χ0) is 13.8. The van der Waals surface area contributed by atoms with Gasteiger partial charge in [0.25, 0.3) is 0 Å². The lowest BCUT2D eigenvalue weighted by atomic mass is 10.1. The summed E-state index contributed by atoms with van der Waals surface area (Å²) < 4.78 is 0. The topological polar surface area (TPSA) is 65.1 Å². The molecule has 19 heavy (non-hydrogen) atoms. The Labute approximate surface area is 114 Å². The zero-order valence-corrected chi connectivity index (χ0v) is 11.6. The summed E-state index contributed by atoms with van der Waals surface area (Å²) in [6.45, 7) is 6.43. The zero-order valence-electron chi connectivity index (χ0n) is 11.6. The van der Waals surface area contributed by atoms with Crippen molar-refractivity contribution in [2.75, 3.05) is 26.7 Å². The molecule has 5 heteroatoms. The number of nitrogens with zero attached hydrogens (tertiary/aromatic N) is 3. The summed E-state index contributed by atoms with van der Waals surface area (Å²) in [6.07, 6.45) is 0. The van der Waals surface area contributed by atoms with Gasteiger partial charge in [0, 0.05) is 37.8 Å². The monoisotopic (exact) mass is 262 g/mol. The van der Waals surface area contributed by atoms with Crippen LogP contribution in [0.3, 0.4) is 0 Å². The molecule has 1 aromatic carbocycles. The highest BCUT2D eigenvalue weighted by Gasteiger charge is 2.21. The third-order valence-corrected chi connectivity index (χ3v) is 3.68. The number of oxime groups is 1. The Balaban J connectivity index is 2.07. The van der Waals surface area contributed by atoms with Crippen molar-refractivity contribution in [3.8, 4) is 0 Å². The van der Waals surface area contributed by atoms with E-state index in [0.29, 0.717) is 6.04 Å². The Morgan fingerprint density at radius 1 is 1.47 bits per heavy atom. The van der Waals surface area contributed by atoms with Gasteiger partial charge in [0.1, 0.15) is 0 Å². The maximum absolute atomic E-state index is 8.72. The molecule has 1 saturated heterocycles. The Morgan fingerprint density at radius 3 is 2.95 bits per heavy atom. The molecule has 5 nitrogen and oxygen atoms in total. The summed E-state index contributed by atoms with van der Waals surface area (Å²) in [7, 11) is 2.16. The maximum atomic E-state index is 8.72. The summed E-state index contributed by atoms with van der Waals surface area (Å²) >= 11 is 0. The van der Waals surface area contributed by atoms with E-state index in [2.05, 4.69) is 35.0 Å². The summed E-state index contributed by atoms with van der Waals surface area (Å²) in [6, 6.07) is 8.42. The number of hydrogen-bond acceptors (Lipinski definition) is 4. The number of piperazine rings is 1. The molecular weight excluding hydrogens is 240 g/mol. The maximum Gasteiger partial charge on any atom is 0.170 e. The van der Waals surface area contributed by atoms with Gasteiger partial charge in [-0.3, -0.25) is 4.90 Å². The van der Waals surface area contributed by atoms with Crippen LogP contribution in [0.1, 0.15) is 18.1 Å². The second-order valence-electron chi connectivity index (χ2n) is 5.27. The molecule has 0 spiro atoms. The van der Waals surface area contributed by atoms with Gasteiger partial charge in [0.05, 0.1) is 0 Å². The normalized spacial score (nSPS) is 22.6. The highest BCUT2D eigenvalue weighted by atomic mass is 16.4. The predicted molar refractivity (Wildman–Crippen MR) is 76.3 cm³/mol. The molecule has 0 bridgehead atoms. The highest BCUT2D eigenvalue weighted by molar-refractivity contribution is 5.97. The summed E-state index contributed by atoms with van der Waals surface area (Å²) in [5.41, 5.74) is 7.58. The fourth-order valence-corrected chi connectivity index (χ4v) is 2.53. The molecule has 1 fully saturated rings. The number of amidine groups is 1. The van der Waals surface area contributed by atoms with Crippen molar-refractivity contribution in [3.63, 3.8) is 0 Å². The summed E-state index contributed by atoms with van der Waals surface area (Å²) in [5, 5.41) is 11.8. The third kappa shape index (κ3) is 3.45. The summed E-state index contributed by atoms with van der Waals surface area (Å²) in [5.74, 6) is 0.160. The van der Waals surface area contributed by atoms with Crippen LogP contribution in [0.15, 0.2) is 29.4 Å². The lowest BCUT2D eigenvalue weighted by Crippen LogP contribution is -2.49. The average molecular weight is 262 g/mol. The first-order chi connectivity index (χ1) is 9.10. The smallest absolute Gasteiger partial charge is 0.170 e. The van der Waals surface area contributed by atoms with E-state index in [1.54, 1.807) is 0 Å². The van der Waals surface area contributed by atoms with Crippen LogP contribution in [-0.2, 0) is 6.54 Å². The highest BCUT2D eigenvalue weighted by Crippen LogP contribution is 2.14. The molecule has 104 valence electrons. The molecule has 1 atom stereocenters. The molecule has 0 aliphatic carbocycles. The van der Waals surface area contributed by atoms with Crippen molar-refractivity contribution in [1.29, 1.82) is 0 Å². The minimum Gasteiger partial charge on any atom is -0.409 e. The van der Waals surface area contributed by atoms with E-state index in [1.165, 1.54) is 5.56 Å². The molecule has 1 heterocycles. The van der Waals surface area contributed by atoms with Crippen molar-refractivity contribution < 1.29 is 5.21 Å². The first-order valence-electron chi connectivity index (χ1n) is 6.59. The van der Waals surface area contributed by atoms with Crippen LogP contribution < -0.4 is 5.73 Å². The van der Waals surface area contributed by atoms with Crippen LogP contribution in [-0.4, -0.2) is 53.6 Å². The molecule has 0 saturated carbocycles. The van der Waals surface area contributed by atoms with Gasteiger partial charge in [0.2, 0.25) is 0 Å². The lowest BCUT2D eigenvalue weighted by molar-refractivity contribution is 0.0938. The second kappa shape index (κ2) is 6.04. The molecule has 3 N–H and O–H groups in total. The molecule has 0 radical (unpaired) electrons. The first-order valence-corrected chi connectivity index (χ1v) is 6.59. The average Bonchev–Trinajstić information content (AvgIpc) is 2.41. The Bertz CT molecular complexity index is 461. The van der Waals surface area contributed by atoms with Gasteiger partial charge in [-0.05, 0) is 25.6 Å². The van der Waals surface area contributed by atoms with Gasteiger partial charge in [-0.15, -0.1) is 0 Å². The van der Waals surface area contributed by atoms with Gasteiger partial charge in [-0.2, -0.15) is 0 Å². The van der Waals surface area contributed by atoms with Crippen LogP contribution in [0, 0.1) is 0 Å². The molecule has 1 aliphatic rings. The molecule has 0 amide bonds. The fourth-order valence-electron chi connectivity index (χ4n) is 2.53. The van der Waals surface area contributed by atoms with E-state index < -0.39 is 0 Å². The van der Waals surface area contributed by atoms with Crippen LogP contribution in [0.5, 0.6) is 0 Å². The number of rotatable bonds is 3. The van der Waals surface area contributed by atoms with E-state index in [4.69, 9.17) is 10.9 Å². The second-order valence-corrected chi connectivity index (χ2v) is 5.27. The van der Waals surface area contributed by atoms with Gasteiger partial charge in [-0.25, -0.2) is 0 Å². The summed E-state index contributed by atoms with van der Waals surface area (Å²) in [4.78, 5) is 4.82. The molecule has 1 aliphatic heterocycles. The van der Waals surface area contributed by atoms with E-state index in [1.807, 2.05) is 18.2 Å². The first kappa shape index (κ1) is 13.8. The van der Waals surface area contributed by atoms with Crippen molar-refractivity contribution in [2.24, 2.45) is 10.9 Å². The number of benzene rings is 1. The lowest BCUT2D eigenvalue weighted by Gasteiger charge is -2.38. The predicted octanol–water partition coefficient (Wildman–Crippen LogP) is 0.917. The quantitative estimate of drug-likeness (QED) is 0.368. The van der Waals surface area contributed by atoms with Gasteiger partial charge in [0.15, 0.2) is 5.84 Å². The van der Waals surface area contributed by atoms with E-state index in [-0.39, 0.29) is 5.84 Å². The third-order valence-electron chi connectivity index (χ3n) is 3.68. The standard InChI is InChI=1S/C14H22N4O/c1-11-9-17(2)6-7-18(11)10-12-4-3-5-13(8-12)14(15)16-19/h3-5,8,11,19H,6-7,9-10H2,1-2H3,(H2,15,16). The SMILES string of the molecule is CC1CN(C)CCN1Cc1cccc(/C(N)=N/O)c1. The van der Waals surface area contributed by atoms with Crippen molar-refractivity contribution in [2.45, 2.75) is 19.5 Å². The molecule has 1 aromatic rings. The number of likely N-dealkylation sites (N-methyl/N-ethyl adjacent to an activating group) is 1. The van der Waals surface area contributed by atoms with Crippen LogP contribution in [0.25, 0.3) is 0 Å². The van der Waals surface area contributed by atoms with Crippen molar-refractivity contribution in [3.05, 3.63) is 35.4 Å². The Morgan fingerprint density at radius 2 is 2.26 bits per heavy atom. The minimum atomic E-state index is 0.160. The van der Waals surface area contributed by atoms with Gasteiger partial charge in [-0.1, -0.05) is 23.4 Å². The van der Waals surface area contributed by atoms with Crippen molar-refractivity contribution >= 4 is 5.84 Å². The van der Waals surface area contributed by atoms with Gasteiger partial charge < -0.3 is 15.8 Å².